The maximum Gasteiger partial charge on any atom is 0.533 e. The van der Waals surface area contributed by atoms with Crippen LogP contribution < -0.4 is 28.7 Å². The van der Waals surface area contributed by atoms with Crippen LogP contribution in [0.5, 0.6) is 23.0 Å². The van der Waals surface area contributed by atoms with E-state index in [0.717, 1.165) is 38.9 Å². The van der Waals surface area contributed by atoms with Crippen LogP contribution in [0.4, 0.5) is 0 Å². The molecule has 0 fully saturated rings. The lowest BCUT2D eigenvalue weighted by atomic mass is 9.93. The zero-order valence-corrected chi connectivity index (χ0v) is 26.0. The Hall–Kier alpha value is -4.86. The minimum atomic E-state index is -3.60. The van der Waals surface area contributed by atoms with Crippen molar-refractivity contribution < 1.29 is 27.6 Å². The van der Waals surface area contributed by atoms with Crippen molar-refractivity contribution in [1.82, 2.24) is 0 Å². The minimum absolute atomic E-state index is 0.470. The van der Waals surface area contributed by atoms with Gasteiger partial charge in [0.2, 0.25) is 16.8 Å². The largest absolute Gasteiger partial charge is 0.533 e. The summed E-state index contributed by atoms with van der Waals surface area (Å²) in [5, 5.41) is 1.05. The van der Waals surface area contributed by atoms with Crippen molar-refractivity contribution in [1.29, 1.82) is 0 Å². The van der Waals surface area contributed by atoms with Crippen molar-refractivity contribution in [3.05, 3.63) is 145 Å². The fraction of sp³-hybridized carbons (Fsp3) is 0.0270. The van der Waals surface area contributed by atoms with Gasteiger partial charge in [-0.15, -0.1) is 0 Å². The zero-order valence-electron chi connectivity index (χ0n) is 24.2. The highest BCUT2D eigenvalue weighted by molar-refractivity contribution is 7.69. The molecule has 0 atom stereocenters. The van der Waals surface area contributed by atoms with E-state index in [1.807, 2.05) is 72.8 Å². The number of benzene rings is 6. The third-order valence-corrected chi connectivity index (χ3v) is 11.5. The van der Waals surface area contributed by atoms with Crippen LogP contribution in [0.1, 0.15) is 5.56 Å². The SMILES string of the molecule is Cc1cccc(-c2cc(-c3cccc(P4(=O)Oc5ccccc5O4)c3)cc(-c3cccc([P+]4(O)Oc5ccccc5O4)c3)c2)c1. The van der Waals surface area contributed by atoms with Crippen molar-refractivity contribution in [2.24, 2.45) is 0 Å². The lowest BCUT2D eigenvalue weighted by Gasteiger charge is -2.15. The Labute approximate surface area is 261 Å². The van der Waals surface area contributed by atoms with E-state index < -0.39 is 15.5 Å². The molecule has 2 aliphatic heterocycles. The van der Waals surface area contributed by atoms with Crippen LogP contribution in [0, 0.1) is 6.92 Å². The summed E-state index contributed by atoms with van der Waals surface area (Å²) >= 11 is 0. The highest BCUT2D eigenvalue weighted by atomic mass is 31.2. The number of fused-ring (bicyclic) bond motifs is 2. The first kappa shape index (κ1) is 27.7. The summed E-state index contributed by atoms with van der Waals surface area (Å²) in [6.45, 7) is 2.07. The molecular formula is C37H27O6P2+. The predicted octanol–water partition coefficient (Wildman–Crippen LogP) is 9.14. The van der Waals surface area contributed by atoms with Crippen molar-refractivity contribution in [2.45, 2.75) is 6.92 Å². The van der Waals surface area contributed by atoms with Crippen LogP contribution in [-0.2, 0) is 4.57 Å². The molecule has 220 valence electrons. The van der Waals surface area contributed by atoms with Gasteiger partial charge in [-0.2, -0.15) is 4.89 Å². The summed E-state index contributed by atoms with van der Waals surface area (Å²) in [6, 6.07) is 44.3. The van der Waals surface area contributed by atoms with Crippen LogP contribution in [0.25, 0.3) is 33.4 Å². The maximum absolute atomic E-state index is 13.9. The molecule has 2 aliphatic rings. The van der Waals surface area contributed by atoms with E-state index in [1.165, 1.54) is 0 Å². The minimum Gasteiger partial charge on any atom is -0.409 e. The maximum atomic E-state index is 13.9. The second-order valence-corrected chi connectivity index (χ2v) is 14.8. The summed E-state index contributed by atoms with van der Waals surface area (Å²) in [4.78, 5) is 11.5. The highest BCUT2D eigenvalue weighted by Crippen LogP contribution is 2.63. The van der Waals surface area contributed by atoms with Gasteiger partial charge in [0.05, 0.1) is 5.30 Å². The first-order chi connectivity index (χ1) is 21.9. The van der Waals surface area contributed by atoms with E-state index in [4.69, 9.17) is 18.1 Å². The molecule has 6 aromatic rings. The van der Waals surface area contributed by atoms with Crippen LogP contribution in [0.3, 0.4) is 0 Å². The Morgan fingerprint density at radius 2 is 1.00 bits per heavy atom. The van der Waals surface area contributed by atoms with Crippen LogP contribution in [0.2, 0.25) is 0 Å². The molecule has 1 N–H and O–H groups in total. The molecule has 0 bridgehead atoms. The second-order valence-electron chi connectivity index (χ2n) is 11.0. The van der Waals surface area contributed by atoms with E-state index >= 15 is 0 Å². The summed E-state index contributed by atoms with van der Waals surface area (Å²) in [5.41, 5.74) is 6.85. The van der Waals surface area contributed by atoms with Gasteiger partial charge in [0.25, 0.3) is 0 Å². The Bertz CT molecular complexity index is 2110. The molecular weight excluding hydrogens is 602 g/mol. The predicted molar refractivity (Wildman–Crippen MR) is 179 cm³/mol. The van der Waals surface area contributed by atoms with Crippen LogP contribution in [0.15, 0.2) is 140 Å². The Morgan fingerprint density at radius 1 is 0.511 bits per heavy atom. The van der Waals surface area contributed by atoms with Crippen molar-refractivity contribution >= 4 is 26.1 Å². The van der Waals surface area contributed by atoms with Gasteiger partial charge in [0.15, 0.2) is 11.5 Å². The van der Waals surface area contributed by atoms with Gasteiger partial charge in [-0.1, -0.05) is 78.4 Å². The number of hydrogen-bond acceptors (Lipinski definition) is 6. The molecule has 45 heavy (non-hydrogen) atoms. The van der Waals surface area contributed by atoms with Gasteiger partial charge in [0.1, 0.15) is 0 Å². The second kappa shape index (κ2) is 10.6. The van der Waals surface area contributed by atoms with Gasteiger partial charge < -0.3 is 9.05 Å². The molecule has 6 nitrogen and oxygen atoms in total. The van der Waals surface area contributed by atoms with E-state index in [1.54, 1.807) is 30.3 Å². The third-order valence-electron chi connectivity index (χ3n) is 7.87. The molecule has 0 amide bonds. The van der Waals surface area contributed by atoms with Gasteiger partial charge in [0, 0.05) is 0 Å². The van der Waals surface area contributed by atoms with E-state index in [-0.39, 0.29) is 0 Å². The molecule has 0 saturated heterocycles. The van der Waals surface area contributed by atoms with Crippen LogP contribution >= 0.6 is 15.5 Å². The average molecular weight is 630 g/mol. The fourth-order valence-electron chi connectivity index (χ4n) is 5.64. The quantitative estimate of drug-likeness (QED) is 0.192. The number of rotatable bonds is 5. The monoisotopic (exact) mass is 629 g/mol. The van der Waals surface area contributed by atoms with Crippen LogP contribution in [-0.4, -0.2) is 4.89 Å². The topological polar surface area (TPSA) is 74.2 Å². The smallest absolute Gasteiger partial charge is 0.409 e. The van der Waals surface area contributed by atoms with Gasteiger partial charge in [-0.25, -0.2) is 4.57 Å². The fourth-order valence-corrected chi connectivity index (χ4v) is 8.94. The molecule has 0 aliphatic carbocycles. The summed E-state index contributed by atoms with van der Waals surface area (Å²) in [7, 11) is -6.96. The molecule has 0 saturated carbocycles. The average Bonchev–Trinajstić information content (AvgIpc) is 3.62. The van der Waals surface area contributed by atoms with Crippen molar-refractivity contribution in [2.75, 3.05) is 0 Å². The first-order valence-corrected chi connectivity index (χ1v) is 17.6. The molecule has 0 unspecified atom stereocenters. The molecule has 6 aromatic carbocycles. The number of aryl methyl sites for hydroxylation is 1. The standard InChI is InChI=1S/C37H27O6P2/c1-25-9-6-10-26(19-25)29-20-30(27-11-7-13-32(23-27)44(38)40-34-15-2-3-16-35(34)41-44)22-31(21-29)28-12-8-14-33(24-28)45(39)42-36-17-4-5-18-37(36)43-45/h2-24,38H,1H3/q+1. The van der Waals surface area contributed by atoms with E-state index in [9.17, 15) is 9.46 Å². The summed E-state index contributed by atoms with van der Waals surface area (Å²) < 4.78 is 37.5. The third kappa shape index (κ3) is 5.08. The van der Waals surface area contributed by atoms with E-state index in [0.29, 0.717) is 33.6 Å². The Kier molecular flexibility index (Phi) is 6.54. The molecule has 0 aromatic heterocycles. The normalized spacial score (nSPS) is 15.2. The highest BCUT2D eigenvalue weighted by Gasteiger charge is 2.53. The van der Waals surface area contributed by atoms with Gasteiger partial charge >= 0.3 is 15.5 Å². The lowest BCUT2D eigenvalue weighted by Crippen LogP contribution is -2.16. The molecule has 2 heterocycles. The van der Waals surface area contributed by atoms with Crippen molar-refractivity contribution in [3.63, 3.8) is 0 Å². The first-order valence-electron chi connectivity index (χ1n) is 14.5. The zero-order chi connectivity index (χ0) is 30.6. The van der Waals surface area contributed by atoms with Crippen molar-refractivity contribution in [3.8, 4) is 56.4 Å². The molecule has 0 radical (unpaired) electrons. The molecule has 0 spiro atoms. The van der Waals surface area contributed by atoms with E-state index in [2.05, 4.69) is 43.3 Å². The Morgan fingerprint density at radius 3 is 1.58 bits per heavy atom. The number of para-hydroxylation sites is 4. The van der Waals surface area contributed by atoms with Gasteiger partial charge in [-0.05, 0) is 107 Å². The lowest BCUT2D eigenvalue weighted by molar-refractivity contribution is 0.408. The summed E-state index contributed by atoms with van der Waals surface area (Å²) in [6.07, 6.45) is 0. The van der Waals surface area contributed by atoms with Gasteiger partial charge in [-0.3, -0.25) is 9.05 Å². The number of hydrogen-bond donors (Lipinski definition) is 1. The summed E-state index contributed by atoms with van der Waals surface area (Å²) in [5.74, 6) is 2.00. The molecule has 8 heteroatoms. The molecule has 8 rings (SSSR count). The Balaban J connectivity index is 1.22.